The van der Waals surface area contributed by atoms with Crippen molar-refractivity contribution >= 4 is 0 Å². The molecule has 0 spiro atoms. The van der Waals surface area contributed by atoms with Crippen LogP contribution in [-0.2, 0) is 14.2 Å². The first-order chi connectivity index (χ1) is 10.9. The summed E-state index contributed by atoms with van der Waals surface area (Å²) < 4.78 is 17.0. The maximum atomic E-state index is 8.70. The smallest absolute Gasteiger partial charge is 0.181 e. The minimum Gasteiger partial charge on any atom is -0.396 e. The average molecular weight is 314 g/mol. The van der Waals surface area contributed by atoms with Crippen molar-refractivity contribution in [1.29, 1.82) is 0 Å². The van der Waals surface area contributed by atoms with Crippen molar-refractivity contribution in [3.05, 3.63) is 12.2 Å². The first-order valence-electron chi connectivity index (χ1n) is 8.97. The largest absolute Gasteiger partial charge is 0.396 e. The number of aliphatic hydroxyl groups excluding tert-OH is 1. The number of hydrogen-bond donors (Lipinski definition) is 1. The lowest BCUT2D eigenvalue weighted by Crippen LogP contribution is -2.34. The van der Waals surface area contributed by atoms with E-state index in [1.165, 1.54) is 12.8 Å². The van der Waals surface area contributed by atoms with Crippen molar-refractivity contribution < 1.29 is 19.3 Å². The van der Waals surface area contributed by atoms with Gasteiger partial charge in [0.2, 0.25) is 0 Å². The summed E-state index contributed by atoms with van der Waals surface area (Å²) in [6, 6.07) is 0. The number of ether oxygens (including phenoxy) is 3. The zero-order chi connectivity index (χ0) is 15.9. The number of unbranched alkanes of at least 4 members (excludes halogenated alkanes) is 4. The van der Waals surface area contributed by atoms with E-state index < -0.39 is 0 Å². The van der Waals surface area contributed by atoms with Gasteiger partial charge in [-0.3, -0.25) is 0 Å². The second-order valence-electron chi connectivity index (χ2n) is 5.90. The molecule has 0 aliphatic carbocycles. The lowest BCUT2D eigenvalue weighted by atomic mass is 10.1. The molecule has 0 bridgehead atoms. The van der Waals surface area contributed by atoms with Crippen LogP contribution in [0.1, 0.15) is 64.7 Å². The van der Waals surface area contributed by atoms with E-state index in [1.54, 1.807) is 0 Å². The Hall–Kier alpha value is -0.420. The van der Waals surface area contributed by atoms with E-state index in [4.69, 9.17) is 19.3 Å². The summed E-state index contributed by atoms with van der Waals surface area (Å²) in [5.74, 6) is 0. The topological polar surface area (TPSA) is 47.9 Å². The minimum absolute atomic E-state index is 0.170. The molecule has 1 fully saturated rings. The molecule has 130 valence electrons. The first kappa shape index (κ1) is 19.6. The van der Waals surface area contributed by atoms with Crippen LogP contribution >= 0.6 is 0 Å². The third-order valence-corrected chi connectivity index (χ3v) is 3.83. The summed E-state index contributed by atoms with van der Waals surface area (Å²) in [5.41, 5.74) is 0. The highest BCUT2D eigenvalue weighted by Gasteiger charge is 2.19. The summed E-state index contributed by atoms with van der Waals surface area (Å²) >= 11 is 0. The van der Waals surface area contributed by atoms with Gasteiger partial charge in [-0.2, -0.15) is 0 Å². The van der Waals surface area contributed by atoms with Gasteiger partial charge in [0.15, 0.2) is 6.29 Å². The third kappa shape index (κ3) is 10.3. The lowest BCUT2D eigenvalue weighted by molar-refractivity contribution is -0.231. The van der Waals surface area contributed by atoms with Crippen molar-refractivity contribution in [3.8, 4) is 0 Å². The third-order valence-electron chi connectivity index (χ3n) is 3.83. The van der Waals surface area contributed by atoms with Crippen LogP contribution in [0.25, 0.3) is 0 Å². The van der Waals surface area contributed by atoms with Gasteiger partial charge in [0, 0.05) is 6.61 Å². The Morgan fingerprint density at radius 2 is 1.86 bits per heavy atom. The monoisotopic (exact) mass is 314 g/mol. The van der Waals surface area contributed by atoms with Gasteiger partial charge >= 0.3 is 0 Å². The molecule has 2 atom stereocenters. The quantitative estimate of drug-likeness (QED) is 0.415. The van der Waals surface area contributed by atoms with Gasteiger partial charge in [-0.05, 0) is 44.9 Å². The van der Waals surface area contributed by atoms with Gasteiger partial charge in [-0.1, -0.05) is 31.9 Å². The van der Waals surface area contributed by atoms with Gasteiger partial charge in [-0.25, -0.2) is 0 Å². The molecule has 4 nitrogen and oxygen atoms in total. The Kier molecular flexibility index (Phi) is 12.7. The fourth-order valence-electron chi connectivity index (χ4n) is 2.61. The fraction of sp³-hybridized carbons (Fsp3) is 0.889. The highest BCUT2D eigenvalue weighted by Crippen LogP contribution is 2.16. The fourth-order valence-corrected chi connectivity index (χ4v) is 2.61. The van der Waals surface area contributed by atoms with Crippen LogP contribution in [0, 0.1) is 0 Å². The molecule has 22 heavy (non-hydrogen) atoms. The second-order valence-corrected chi connectivity index (χ2v) is 5.90. The highest BCUT2D eigenvalue weighted by atomic mass is 16.7. The van der Waals surface area contributed by atoms with Gasteiger partial charge in [0.25, 0.3) is 0 Å². The van der Waals surface area contributed by atoms with E-state index in [1.807, 2.05) is 0 Å². The zero-order valence-corrected chi connectivity index (χ0v) is 14.2. The van der Waals surface area contributed by atoms with Crippen LogP contribution in [0.15, 0.2) is 12.2 Å². The summed E-state index contributed by atoms with van der Waals surface area (Å²) in [6.07, 6.45) is 14.6. The second kappa shape index (κ2) is 14.2. The Morgan fingerprint density at radius 3 is 2.50 bits per heavy atom. The number of hydrogen-bond acceptors (Lipinski definition) is 4. The Balaban J connectivity index is 2.05. The minimum atomic E-state index is -0.170. The molecule has 2 unspecified atom stereocenters. The zero-order valence-electron chi connectivity index (χ0n) is 14.2. The van der Waals surface area contributed by atoms with Gasteiger partial charge in [0.05, 0.1) is 25.9 Å². The molecule has 1 heterocycles. The standard InChI is InChI=1S/C18H34O4/c1-2-11-17(22-18-16-20-14-15-21-18)12-9-7-5-3-4-6-8-10-13-19/h3-4,17-19H,2,5-16H2,1H3/b4-3-. The molecule has 1 rings (SSSR count). The maximum Gasteiger partial charge on any atom is 0.181 e. The van der Waals surface area contributed by atoms with Crippen LogP contribution in [0.4, 0.5) is 0 Å². The van der Waals surface area contributed by atoms with Gasteiger partial charge < -0.3 is 19.3 Å². The molecule has 1 N–H and O–H groups in total. The van der Waals surface area contributed by atoms with Crippen molar-refractivity contribution in [2.75, 3.05) is 26.4 Å². The Morgan fingerprint density at radius 1 is 1.09 bits per heavy atom. The van der Waals surface area contributed by atoms with Crippen LogP contribution in [-0.4, -0.2) is 43.9 Å². The van der Waals surface area contributed by atoms with Gasteiger partial charge in [-0.15, -0.1) is 0 Å². The molecule has 4 heteroatoms. The van der Waals surface area contributed by atoms with Crippen molar-refractivity contribution in [2.45, 2.75) is 77.1 Å². The molecule has 0 aromatic carbocycles. The molecule has 0 aromatic rings. The summed E-state index contributed by atoms with van der Waals surface area (Å²) in [7, 11) is 0. The average Bonchev–Trinajstić information content (AvgIpc) is 2.54. The van der Waals surface area contributed by atoms with E-state index in [0.717, 1.165) is 44.9 Å². The van der Waals surface area contributed by atoms with Crippen molar-refractivity contribution in [3.63, 3.8) is 0 Å². The molecular weight excluding hydrogens is 280 g/mol. The number of aliphatic hydroxyl groups is 1. The van der Waals surface area contributed by atoms with E-state index in [9.17, 15) is 0 Å². The van der Waals surface area contributed by atoms with E-state index in [-0.39, 0.29) is 6.29 Å². The van der Waals surface area contributed by atoms with Gasteiger partial charge in [0.1, 0.15) is 0 Å². The molecular formula is C18H34O4. The van der Waals surface area contributed by atoms with Crippen LogP contribution in [0.2, 0.25) is 0 Å². The first-order valence-corrected chi connectivity index (χ1v) is 8.97. The Bertz CT molecular complexity index is 262. The van der Waals surface area contributed by atoms with Crippen molar-refractivity contribution in [2.24, 2.45) is 0 Å². The lowest BCUT2D eigenvalue weighted by Gasteiger charge is -2.27. The molecule has 1 saturated heterocycles. The predicted octanol–water partition coefficient (Wildman–Crippen LogP) is 3.82. The highest BCUT2D eigenvalue weighted by molar-refractivity contribution is 4.81. The summed E-state index contributed by atoms with van der Waals surface area (Å²) in [5, 5.41) is 8.70. The molecule has 1 aliphatic heterocycles. The summed E-state index contributed by atoms with van der Waals surface area (Å²) in [4.78, 5) is 0. The van der Waals surface area contributed by atoms with E-state index >= 15 is 0 Å². The molecule has 0 radical (unpaired) electrons. The molecule has 0 saturated carbocycles. The van der Waals surface area contributed by atoms with Crippen LogP contribution in [0.5, 0.6) is 0 Å². The van der Waals surface area contributed by atoms with E-state index in [2.05, 4.69) is 19.1 Å². The summed E-state index contributed by atoms with van der Waals surface area (Å²) in [6.45, 7) is 4.40. The maximum absolute atomic E-state index is 8.70. The van der Waals surface area contributed by atoms with Crippen molar-refractivity contribution in [1.82, 2.24) is 0 Å². The number of rotatable bonds is 13. The normalized spacial score (nSPS) is 20.5. The number of allylic oxidation sites excluding steroid dienone is 2. The van der Waals surface area contributed by atoms with E-state index in [0.29, 0.717) is 32.5 Å². The molecule has 0 aromatic heterocycles. The molecule has 1 aliphatic rings. The SMILES string of the molecule is CCCC(CCCC/C=C\CCCCO)OC1COCCO1. The van der Waals surface area contributed by atoms with Crippen LogP contribution in [0.3, 0.4) is 0 Å². The van der Waals surface area contributed by atoms with Crippen LogP contribution < -0.4 is 0 Å². The predicted molar refractivity (Wildman–Crippen MR) is 88.9 cm³/mol. The molecule has 0 amide bonds. The Labute approximate surface area is 135 Å².